The maximum absolute atomic E-state index is 6.33. The van der Waals surface area contributed by atoms with E-state index in [0.717, 1.165) is 44.5 Å². The maximum atomic E-state index is 6.33. The molecule has 0 N–H and O–H groups in total. The van der Waals surface area contributed by atoms with Gasteiger partial charge >= 0.3 is 0 Å². The van der Waals surface area contributed by atoms with Crippen LogP contribution in [0.25, 0.3) is 55.6 Å². The fourth-order valence-electron chi connectivity index (χ4n) is 5.87. The third kappa shape index (κ3) is 4.81. The standard InChI is InChI=1S/C41H28N2O/c1-3-10-29(11-4-1)31-18-23-35(24-19-31)43(37-16-9-15-34(28-37)30-12-5-2-6-13-30)36-25-20-33(21-26-36)41-42-39-27-22-32-14-7-8-17-38(32)40(39)44-41/h1-28H. The molecule has 0 saturated carbocycles. The predicted molar refractivity (Wildman–Crippen MR) is 183 cm³/mol. The van der Waals surface area contributed by atoms with Gasteiger partial charge in [-0.3, -0.25) is 0 Å². The maximum Gasteiger partial charge on any atom is 0.227 e. The van der Waals surface area contributed by atoms with Crippen molar-refractivity contribution < 1.29 is 4.42 Å². The Morgan fingerprint density at radius 3 is 1.68 bits per heavy atom. The summed E-state index contributed by atoms with van der Waals surface area (Å²) in [6.07, 6.45) is 0. The molecule has 0 amide bonds. The first kappa shape index (κ1) is 25.8. The zero-order chi connectivity index (χ0) is 29.3. The highest BCUT2D eigenvalue weighted by molar-refractivity contribution is 6.03. The zero-order valence-corrected chi connectivity index (χ0v) is 24.0. The Labute approximate surface area is 256 Å². The van der Waals surface area contributed by atoms with Crippen molar-refractivity contribution >= 4 is 38.9 Å². The fourth-order valence-corrected chi connectivity index (χ4v) is 5.87. The van der Waals surface area contributed by atoms with E-state index in [9.17, 15) is 0 Å². The van der Waals surface area contributed by atoms with Crippen LogP contribution in [0.4, 0.5) is 17.1 Å². The van der Waals surface area contributed by atoms with Crippen molar-refractivity contribution in [3.63, 3.8) is 0 Å². The van der Waals surface area contributed by atoms with Gasteiger partial charge in [0.25, 0.3) is 0 Å². The van der Waals surface area contributed by atoms with Crippen molar-refractivity contribution in [3.8, 4) is 33.7 Å². The summed E-state index contributed by atoms with van der Waals surface area (Å²) < 4.78 is 6.33. The minimum Gasteiger partial charge on any atom is -0.435 e. The Kier molecular flexibility index (Phi) is 6.47. The second kappa shape index (κ2) is 11.0. The van der Waals surface area contributed by atoms with Gasteiger partial charge in [0.1, 0.15) is 5.52 Å². The van der Waals surface area contributed by atoms with Crippen LogP contribution in [-0.4, -0.2) is 4.98 Å². The molecule has 0 bridgehead atoms. The van der Waals surface area contributed by atoms with Crippen LogP contribution >= 0.6 is 0 Å². The third-order valence-corrected chi connectivity index (χ3v) is 8.10. The number of hydrogen-bond acceptors (Lipinski definition) is 3. The van der Waals surface area contributed by atoms with Gasteiger partial charge in [-0.2, -0.15) is 0 Å². The lowest BCUT2D eigenvalue weighted by molar-refractivity contribution is 0.623. The molecule has 0 unspecified atom stereocenters. The molecule has 0 saturated heterocycles. The summed E-state index contributed by atoms with van der Waals surface area (Å²) in [6.45, 7) is 0. The lowest BCUT2D eigenvalue weighted by Crippen LogP contribution is -2.10. The summed E-state index contributed by atoms with van der Waals surface area (Å²) >= 11 is 0. The van der Waals surface area contributed by atoms with E-state index in [1.54, 1.807) is 0 Å². The molecule has 1 aromatic heterocycles. The van der Waals surface area contributed by atoms with E-state index >= 15 is 0 Å². The van der Waals surface area contributed by atoms with Crippen LogP contribution in [0.5, 0.6) is 0 Å². The van der Waals surface area contributed by atoms with Gasteiger partial charge in [-0.05, 0) is 82.2 Å². The van der Waals surface area contributed by atoms with Crippen LogP contribution in [0, 0.1) is 0 Å². The van der Waals surface area contributed by atoms with Crippen LogP contribution in [-0.2, 0) is 0 Å². The second-order valence-electron chi connectivity index (χ2n) is 10.9. The monoisotopic (exact) mass is 564 g/mol. The molecule has 0 fully saturated rings. The molecule has 208 valence electrons. The zero-order valence-electron chi connectivity index (χ0n) is 24.0. The normalized spacial score (nSPS) is 11.2. The molecule has 0 aliphatic heterocycles. The van der Waals surface area contributed by atoms with Gasteiger partial charge in [-0.15, -0.1) is 0 Å². The summed E-state index contributed by atoms with van der Waals surface area (Å²) in [5, 5.41) is 2.22. The molecule has 8 aromatic rings. The molecule has 3 heteroatoms. The van der Waals surface area contributed by atoms with Gasteiger partial charge in [0, 0.05) is 28.0 Å². The molecule has 7 aromatic carbocycles. The number of anilines is 3. The van der Waals surface area contributed by atoms with E-state index in [1.165, 1.54) is 22.3 Å². The largest absolute Gasteiger partial charge is 0.435 e. The van der Waals surface area contributed by atoms with Crippen LogP contribution in [0.2, 0.25) is 0 Å². The van der Waals surface area contributed by atoms with Crippen molar-refractivity contribution in [1.29, 1.82) is 0 Å². The van der Waals surface area contributed by atoms with Crippen molar-refractivity contribution in [3.05, 3.63) is 170 Å². The molecule has 3 nitrogen and oxygen atoms in total. The average Bonchev–Trinajstić information content (AvgIpc) is 3.55. The molecule has 44 heavy (non-hydrogen) atoms. The first-order chi connectivity index (χ1) is 21.8. The predicted octanol–water partition coefficient (Wildman–Crippen LogP) is 11.5. The van der Waals surface area contributed by atoms with Crippen LogP contribution in [0.3, 0.4) is 0 Å². The Morgan fingerprint density at radius 1 is 0.409 bits per heavy atom. The van der Waals surface area contributed by atoms with Crippen molar-refractivity contribution in [2.24, 2.45) is 0 Å². The van der Waals surface area contributed by atoms with E-state index in [1.807, 2.05) is 24.3 Å². The van der Waals surface area contributed by atoms with Crippen molar-refractivity contribution in [1.82, 2.24) is 4.98 Å². The molecule has 0 atom stereocenters. The number of rotatable bonds is 6. The van der Waals surface area contributed by atoms with Crippen molar-refractivity contribution in [2.75, 3.05) is 4.90 Å². The molecule has 0 radical (unpaired) electrons. The fraction of sp³-hybridized carbons (Fsp3) is 0. The Morgan fingerprint density at radius 2 is 0.977 bits per heavy atom. The van der Waals surface area contributed by atoms with Gasteiger partial charge < -0.3 is 9.32 Å². The van der Waals surface area contributed by atoms with Gasteiger partial charge in [0.15, 0.2) is 5.58 Å². The summed E-state index contributed by atoms with van der Waals surface area (Å²) in [5.41, 5.74) is 10.6. The van der Waals surface area contributed by atoms with Crippen LogP contribution in [0.15, 0.2) is 174 Å². The summed E-state index contributed by atoms with van der Waals surface area (Å²) in [7, 11) is 0. The van der Waals surface area contributed by atoms with E-state index < -0.39 is 0 Å². The van der Waals surface area contributed by atoms with Gasteiger partial charge in [-0.1, -0.05) is 115 Å². The topological polar surface area (TPSA) is 29.3 Å². The number of oxazole rings is 1. The van der Waals surface area contributed by atoms with Crippen LogP contribution < -0.4 is 4.90 Å². The van der Waals surface area contributed by atoms with E-state index in [4.69, 9.17) is 9.40 Å². The molecule has 1 heterocycles. The number of hydrogen-bond donors (Lipinski definition) is 0. The van der Waals surface area contributed by atoms with E-state index in [-0.39, 0.29) is 0 Å². The van der Waals surface area contributed by atoms with Gasteiger partial charge in [-0.25, -0.2) is 4.98 Å². The summed E-state index contributed by atoms with van der Waals surface area (Å²) in [4.78, 5) is 7.12. The molecule has 8 rings (SSSR count). The summed E-state index contributed by atoms with van der Waals surface area (Å²) in [5.74, 6) is 0.618. The summed E-state index contributed by atoms with van der Waals surface area (Å²) in [6, 6.07) is 59.3. The molecule has 0 spiro atoms. The Balaban J connectivity index is 1.20. The van der Waals surface area contributed by atoms with E-state index in [0.29, 0.717) is 5.89 Å². The highest BCUT2D eigenvalue weighted by Crippen LogP contribution is 2.39. The second-order valence-corrected chi connectivity index (χ2v) is 10.9. The number of fused-ring (bicyclic) bond motifs is 3. The first-order valence-electron chi connectivity index (χ1n) is 14.8. The Hall–Kier alpha value is -5.93. The SMILES string of the molecule is c1ccc(-c2ccc(N(c3ccc(-c4nc5ccc6ccccc6c5o4)cc3)c3cccc(-c4ccccc4)c3)cc2)cc1. The Bertz CT molecular complexity index is 2200. The number of benzene rings is 7. The smallest absolute Gasteiger partial charge is 0.227 e. The lowest BCUT2D eigenvalue weighted by Gasteiger charge is -2.26. The van der Waals surface area contributed by atoms with Crippen LogP contribution in [0.1, 0.15) is 0 Å². The minimum absolute atomic E-state index is 0.618. The third-order valence-electron chi connectivity index (χ3n) is 8.10. The van der Waals surface area contributed by atoms with E-state index in [2.05, 4.69) is 150 Å². The average molecular weight is 565 g/mol. The molecule has 0 aliphatic carbocycles. The van der Waals surface area contributed by atoms with Gasteiger partial charge in [0.05, 0.1) is 0 Å². The molecule has 0 aliphatic rings. The quantitative estimate of drug-likeness (QED) is 0.201. The van der Waals surface area contributed by atoms with Gasteiger partial charge in [0.2, 0.25) is 5.89 Å². The first-order valence-corrected chi connectivity index (χ1v) is 14.8. The molecular formula is C41H28N2O. The number of nitrogens with zero attached hydrogens (tertiary/aromatic N) is 2. The molecular weight excluding hydrogens is 536 g/mol. The van der Waals surface area contributed by atoms with Crippen molar-refractivity contribution in [2.45, 2.75) is 0 Å². The number of aromatic nitrogens is 1. The highest BCUT2D eigenvalue weighted by atomic mass is 16.3. The lowest BCUT2D eigenvalue weighted by atomic mass is 10.0. The minimum atomic E-state index is 0.618. The highest BCUT2D eigenvalue weighted by Gasteiger charge is 2.16.